The Morgan fingerprint density at radius 2 is 1.88 bits per heavy atom. The predicted octanol–water partition coefficient (Wildman–Crippen LogP) is 5.48. The van der Waals surface area contributed by atoms with Gasteiger partial charge in [-0.25, -0.2) is 4.99 Å². The zero-order chi connectivity index (χ0) is 23.4. The molecule has 33 heavy (non-hydrogen) atoms. The van der Waals surface area contributed by atoms with Crippen molar-refractivity contribution in [1.82, 2.24) is 5.32 Å². The van der Waals surface area contributed by atoms with Crippen molar-refractivity contribution in [3.63, 3.8) is 0 Å². The van der Waals surface area contributed by atoms with Gasteiger partial charge in [0.15, 0.2) is 18.1 Å². The van der Waals surface area contributed by atoms with Crippen LogP contribution in [-0.4, -0.2) is 23.7 Å². The molecule has 0 fully saturated rings. The summed E-state index contributed by atoms with van der Waals surface area (Å²) in [7, 11) is 0. The summed E-state index contributed by atoms with van der Waals surface area (Å²) < 4.78 is 49.8. The highest BCUT2D eigenvalue weighted by atomic mass is 35.5. The van der Waals surface area contributed by atoms with Crippen LogP contribution in [0.25, 0.3) is 0 Å². The fourth-order valence-corrected chi connectivity index (χ4v) is 3.61. The van der Waals surface area contributed by atoms with Gasteiger partial charge in [-0.15, -0.1) is 0 Å². The summed E-state index contributed by atoms with van der Waals surface area (Å²) in [5, 5.41) is 14.7. The molecule has 0 spiro atoms. The maximum Gasteiger partial charge on any atom is 0.422 e. The van der Waals surface area contributed by atoms with Crippen LogP contribution in [0.1, 0.15) is 17.2 Å². The highest BCUT2D eigenvalue weighted by Gasteiger charge is 2.33. The average Bonchev–Trinajstić information content (AvgIpc) is 3.04. The summed E-state index contributed by atoms with van der Waals surface area (Å²) in [6.45, 7) is -1.44. The molecule has 2 atom stereocenters. The van der Waals surface area contributed by atoms with Gasteiger partial charge in [0.1, 0.15) is 18.5 Å². The van der Waals surface area contributed by atoms with Crippen LogP contribution in [0.5, 0.6) is 11.5 Å². The Kier molecular flexibility index (Phi) is 6.76. The van der Waals surface area contributed by atoms with Crippen LogP contribution in [0.2, 0.25) is 5.02 Å². The van der Waals surface area contributed by atoms with Gasteiger partial charge in [0.25, 0.3) is 0 Å². The van der Waals surface area contributed by atoms with Crippen LogP contribution >= 0.6 is 11.6 Å². The summed E-state index contributed by atoms with van der Waals surface area (Å²) in [6.07, 6.45) is 2.83. The van der Waals surface area contributed by atoms with E-state index in [0.717, 1.165) is 5.56 Å². The third-order valence-electron chi connectivity index (χ3n) is 5.06. The Hall–Kier alpha value is -3.23. The van der Waals surface area contributed by atoms with Gasteiger partial charge in [0, 0.05) is 23.0 Å². The van der Waals surface area contributed by atoms with E-state index in [1.807, 2.05) is 6.08 Å². The van der Waals surface area contributed by atoms with Gasteiger partial charge < -0.3 is 19.9 Å². The van der Waals surface area contributed by atoms with Gasteiger partial charge in [-0.2, -0.15) is 13.2 Å². The number of halogens is 4. The number of aliphatic hydroxyl groups is 1. The minimum absolute atomic E-state index is 0.0794. The van der Waals surface area contributed by atoms with E-state index in [0.29, 0.717) is 16.4 Å². The van der Waals surface area contributed by atoms with E-state index in [9.17, 15) is 18.3 Å². The number of nitrogens with one attached hydrogen (secondary N) is 1. The molecule has 9 heteroatoms. The van der Waals surface area contributed by atoms with Gasteiger partial charge in [-0.1, -0.05) is 48.0 Å². The molecule has 4 rings (SSSR count). The zero-order valence-electron chi connectivity index (χ0n) is 17.2. The van der Waals surface area contributed by atoms with Crippen molar-refractivity contribution < 1.29 is 27.8 Å². The lowest BCUT2D eigenvalue weighted by Crippen LogP contribution is -2.25. The number of hydrogen-bond acceptors (Lipinski definition) is 5. The van der Waals surface area contributed by atoms with E-state index in [1.165, 1.54) is 18.3 Å². The molecular formula is C24H20ClF3N2O3. The highest BCUT2D eigenvalue weighted by Crippen LogP contribution is 2.42. The molecule has 0 amide bonds. The molecule has 172 valence electrons. The summed E-state index contributed by atoms with van der Waals surface area (Å²) in [6, 6.07) is 11.5. The lowest BCUT2D eigenvalue weighted by molar-refractivity contribution is -0.153. The van der Waals surface area contributed by atoms with Crippen LogP contribution in [0.4, 0.5) is 13.2 Å². The molecule has 2 N–H and O–H groups in total. The molecule has 2 heterocycles. The molecule has 0 saturated carbocycles. The van der Waals surface area contributed by atoms with Gasteiger partial charge in [-0.3, -0.25) is 0 Å². The van der Waals surface area contributed by atoms with Gasteiger partial charge in [0.05, 0.1) is 5.92 Å². The number of hydrogen-bond donors (Lipinski definition) is 2. The molecule has 2 aliphatic heterocycles. The van der Waals surface area contributed by atoms with Crippen molar-refractivity contribution >= 4 is 17.4 Å². The molecule has 2 aromatic carbocycles. The van der Waals surface area contributed by atoms with E-state index in [1.54, 1.807) is 48.7 Å². The van der Waals surface area contributed by atoms with Gasteiger partial charge >= 0.3 is 6.18 Å². The normalized spacial score (nSPS) is 18.0. The summed E-state index contributed by atoms with van der Waals surface area (Å²) >= 11 is 5.89. The van der Waals surface area contributed by atoms with Crippen molar-refractivity contribution in [2.45, 2.75) is 18.9 Å². The Bertz CT molecular complexity index is 1120. The number of benzene rings is 2. The van der Waals surface area contributed by atoms with Gasteiger partial charge in [-0.05, 0) is 35.4 Å². The minimum Gasteiger partial charge on any atom is -0.485 e. The molecule has 0 bridgehead atoms. The molecule has 2 unspecified atom stereocenters. The number of alkyl halides is 3. The topological polar surface area (TPSA) is 63.1 Å². The van der Waals surface area contributed by atoms with E-state index >= 15 is 0 Å². The molecule has 0 saturated heterocycles. The van der Waals surface area contributed by atoms with Gasteiger partial charge in [0.2, 0.25) is 0 Å². The van der Waals surface area contributed by atoms with E-state index < -0.39 is 18.9 Å². The van der Waals surface area contributed by atoms with Crippen LogP contribution < -0.4 is 14.8 Å². The second-order valence-electron chi connectivity index (χ2n) is 7.41. The Labute approximate surface area is 193 Å². The molecular weight excluding hydrogens is 457 g/mol. The van der Waals surface area contributed by atoms with E-state index in [-0.39, 0.29) is 29.6 Å². The molecule has 0 aromatic heterocycles. The summed E-state index contributed by atoms with van der Waals surface area (Å²) in [4.78, 5) is 4.28. The monoisotopic (exact) mass is 476 g/mol. The third-order valence-corrected chi connectivity index (χ3v) is 5.31. The minimum atomic E-state index is -4.56. The first-order chi connectivity index (χ1) is 15.8. The lowest BCUT2D eigenvalue weighted by Gasteiger charge is -2.23. The SMILES string of the molecule is OC(C1=CN=C2NC=CC=CC12)c1cccc(OCc2ccc(Cl)cc2)c1OCC(F)(F)F. The largest absolute Gasteiger partial charge is 0.485 e. The standard InChI is InChI=1S/C24H20ClF3N2O3/c25-16-9-7-15(8-10-16)13-32-20-6-3-5-18(22(20)33-14-24(26,27)28)21(31)19-12-30-23-17(19)4-1-2-11-29-23/h1-12,17,21,31H,13-14H2,(H,29,30). The molecule has 0 radical (unpaired) electrons. The van der Waals surface area contributed by atoms with Crippen molar-refractivity contribution in [1.29, 1.82) is 0 Å². The smallest absolute Gasteiger partial charge is 0.422 e. The first kappa shape index (κ1) is 22.9. The van der Waals surface area contributed by atoms with Crippen molar-refractivity contribution in [3.05, 3.63) is 94.8 Å². The predicted molar refractivity (Wildman–Crippen MR) is 119 cm³/mol. The molecule has 5 nitrogen and oxygen atoms in total. The molecule has 2 aliphatic rings. The number of nitrogens with zero attached hydrogens (tertiary/aromatic N) is 1. The number of ether oxygens (including phenoxy) is 2. The number of amidine groups is 1. The Balaban J connectivity index is 1.62. The van der Waals surface area contributed by atoms with Crippen molar-refractivity contribution in [3.8, 4) is 11.5 Å². The lowest BCUT2D eigenvalue weighted by atomic mass is 9.90. The zero-order valence-corrected chi connectivity index (χ0v) is 18.0. The van der Waals surface area contributed by atoms with E-state index in [4.69, 9.17) is 21.1 Å². The van der Waals surface area contributed by atoms with Crippen molar-refractivity contribution in [2.75, 3.05) is 6.61 Å². The highest BCUT2D eigenvalue weighted by molar-refractivity contribution is 6.30. The number of para-hydroxylation sites is 1. The second-order valence-corrected chi connectivity index (χ2v) is 7.84. The van der Waals surface area contributed by atoms with Crippen LogP contribution in [0.3, 0.4) is 0 Å². The second kappa shape index (κ2) is 9.72. The quantitative estimate of drug-likeness (QED) is 0.555. The van der Waals surface area contributed by atoms with Crippen LogP contribution in [0, 0.1) is 5.92 Å². The Morgan fingerprint density at radius 3 is 2.64 bits per heavy atom. The number of aliphatic imine (C=N–C) groups is 1. The molecule has 2 aromatic rings. The summed E-state index contributed by atoms with van der Waals surface area (Å²) in [5.41, 5.74) is 1.43. The fourth-order valence-electron chi connectivity index (χ4n) is 3.49. The molecule has 0 aliphatic carbocycles. The number of allylic oxidation sites excluding steroid dienone is 2. The number of aliphatic hydroxyl groups excluding tert-OH is 1. The van der Waals surface area contributed by atoms with Crippen LogP contribution in [-0.2, 0) is 6.61 Å². The van der Waals surface area contributed by atoms with Crippen LogP contribution in [0.15, 0.2) is 83.7 Å². The summed E-state index contributed by atoms with van der Waals surface area (Å²) in [5.74, 6) is 0.182. The number of rotatable bonds is 7. The first-order valence-electron chi connectivity index (χ1n) is 10.1. The third kappa shape index (κ3) is 5.58. The Morgan fingerprint density at radius 1 is 1.09 bits per heavy atom. The number of fused-ring (bicyclic) bond motifs is 1. The van der Waals surface area contributed by atoms with Crippen molar-refractivity contribution in [2.24, 2.45) is 10.9 Å². The maximum atomic E-state index is 13.0. The first-order valence-corrected chi connectivity index (χ1v) is 10.4. The van der Waals surface area contributed by atoms with E-state index in [2.05, 4.69) is 10.3 Å². The fraction of sp³-hybridized carbons (Fsp3) is 0.208. The maximum absolute atomic E-state index is 13.0. The average molecular weight is 477 g/mol.